The van der Waals surface area contributed by atoms with Gasteiger partial charge in [0.15, 0.2) is 0 Å². The molecule has 0 aliphatic carbocycles. The summed E-state index contributed by atoms with van der Waals surface area (Å²) in [5.41, 5.74) is 0.790. The van der Waals surface area contributed by atoms with Crippen LogP contribution in [0.2, 0.25) is 0 Å². The normalized spacial score (nSPS) is 15.3. The van der Waals surface area contributed by atoms with Gasteiger partial charge in [-0.05, 0) is 43.0 Å². The predicted octanol–water partition coefficient (Wildman–Crippen LogP) is 2.70. The van der Waals surface area contributed by atoms with Crippen LogP contribution < -0.4 is 9.64 Å². The lowest BCUT2D eigenvalue weighted by Crippen LogP contribution is -2.40. The van der Waals surface area contributed by atoms with E-state index in [1.807, 2.05) is 29.2 Å². The van der Waals surface area contributed by atoms with Crippen LogP contribution in [0.1, 0.15) is 33.1 Å². The quantitative estimate of drug-likeness (QED) is 0.839. The van der Waals surface area contributed by atoms with Crippen LogP contribution in [0.3, 0.4) is 0 Å². The first-order valence-electron chi connectivity index (χ1n) is 8.21. The first-order valence-corrected chi connectivity index (χ1v) is 8.21. The lowest BCUT2D eigenvalue weighted by Gasteiger charge is -2.31. The van der Waals surface area contributed by atoms with Crippen LogP contribution in [0, 0.1) is 5.92 Å². The molecule has 2 rings (SSSR count). The van der Waals surface area contributed by atoms with Gasteiger partial charge in [-0.25, -0.2) is 0 Å². The number of hydrogen-bond donors (Lipinski definition) is 0. The number of likely N-dealkylation sites (tertiary alicyclic amines) is 1. The molecule has 1 aromatic carbocycles. The number of ether oxygens (including phenoxy) is 1. The second kappa shape index (κ2) is 7.99. The Morgan fingerprint density at radius 1 is 1.22 bits per heavy atom. The number of anilines is 1. The van der Waals surface area contributed by atoms with Gasteiger partial charge >= 0.3 is 0 Å². The number of nitrogens with zero attached hydrogens (tertiary/aromatic N) is 2. The van der Waals surface area contributed by atoms with E-state index in [-0.39, 0.29) is 11.8 Å². The molecule has 0 radical (unpaired) electrons. The molecule has 1 aromatic rings. The number of methoxy groups -OCH3 is 1. The summed E-state index contributed by atoms with van der Waals surface area (Å²) in [6.45, 7) is 5.83. The fourth-order valence-electron chi connectivity index (χ4n) is 2.85. The maximum absolute atomic E-state index is 12.3. The molecule has 5 nitrogen and oxygen atoms in total. The van der Waals surface area contributed by atoms with E-state index in [0.29, 0.717) is 18.9 Å². The molecule has 0 spiro atoms. The highest BCUT2D eigenvalue weighted by Crippen LogP contribution is 2.21. The molecule has 0 saturated carbocycles. The number of carbonyl (C=O) groups excluding carboxylic acids is 2. The molecule has 0 aromatic heterocycles. The van der Waals surface area contributed by atoms with E-state index >= 15 is 0 Å². The summed E-state index contributed by atoms with van der Waals surface area (Å²) < 4.78 is 5.13. The summed E-state index contributed by atoms with van der Waals surface area (Å²) in [6, 6.07) is 7.32. The number of rotatable bonds is 5. The highest BCUT2D eigenvalue weighted by Gasteiger charge is 2.21. The summed E-state index contributed by atoms with van der Waals surface area (Å²) >= 11 is 0. The molecule has 1 heterocycles. The maximum atomic E-state index is 12.3. The molecule has 5 heteroatoms. The van der Waals surface area contributed by atoms with Gasteiger partial charge in [0.05, 0.1) is 7.11 Å². The first kappa shape index (κ1) is 17.3. The molecule has 23 heavy (non-hydrogen) atoms. The second-order valence-corrected chi connectivity index (χ2v) is 6.18. The van der Waals surface area contributed by atoms with Crippen molar-refractivity contribution in [1.82, 2.24) is 4.90 Å². The Labute approximate surface area is 138 Å². The minimum atomic E-state index is -0.0600. The number of carbonyl (C=O) groups is 2. The monoisotopic (exact) mass is 318 g/mol. The summed E-state index contributed by atoms with van der Waals surface area (Å²) in [5, 5.41) is 0. The summed E-state index contributed by atoms with van der Waals surface area (Å²) in [6.07, 6.45) is 2.50. The molecule has 126 valence electrons. The largest absolute Gasteiger partial charge is 0.497 e. The number of hydrogen-bond acceptors (Lipinski definition) is 3. The zero-order chi connectivity index (χ0) is 16.8. The van der Waals surface area contributed by atoms with Crippen molar-refractivity contribution in [2.24, 2.45) is 5.92 Å². The minimum absolute atomic E-state index is 0.0600. The van der Waals surface area contributed by atoms with Gasteiger partial charge in [0.2, 0.25) is 11.8 Å². The molecule has 0 unspecified atom stereocenters. The standard InChI is InChI=1S/C18H26N2O3/c1-14-8-11-19(12-9-14)18(22)10-13-20(15(2)21)16-4-6-17(23-3)7-5-16/h4-7,14H,8-13H2,1-3H3. The van der Waals surface area contributed by atoms with Crippen LogP contribution in [-0.2, 0) is 9.59 Å². The van der Waals surface area contributed by atoms with E-state index in [2.05, 4.69) is 6.92 Å². The van der Waals surface area contributed by atoms with Gasteiger partial charge in [0, 0.05) is 38.7 Å². The third kappa shape index (κ3) is 4.71. The summed E-state index contributed by atoms with van der Waals surface area (Å²) in [4.78, 5) is 27.8. The van der Waals surface area contributed by atoms with Crippen LogP contribution >= 0.6 is 0 Å². The number of piperidine rings is 1. The average molecular weight is 318 g/mol. The van der Waals surface area contributed by atoms with Crippen molar-refractivity contribution in [1.29, 1.82) is 0 Å². The maximum Gasteiger partial charge on any atom is 0.224 e. The molecular weight excluding hydrogens is 292 g/mol. The lowest BCUT2D eigenvalue weighted by molar-refractivity contribution is -0.132. The van der Waals surface area contributed by atoms with Crippen LogP contribution in [0.4, 0.5) is 5.69 Å². The molecule has 0 N–H and O–H groups in total. The van der Waals surface area contributed by atoms with Crippen LogP contribution in [0.15, 0.2) is 24.3 Å². The smallest absolute Gasteiger partial charge is 0.224 e. The fourth-order valence-corrected chi connectivity index (χ4v) is 2.85. The van der Waals surface area contributed by atoms with Gasteiger partial charge in [0.25, 0.3) is 0 Å². The van der Waals surface area contributed by atoms with Crippen molar-refractivity contribution in [3.63, 3.8) is 0 Å². The second-order valence-electron chi connectivity index (χ2n) is 6.18. The predicted molar refractivity (Wildman–Crippen MR) is 90.6 cm³/mol. The Kier molecular flexibility index (Phi) is 6.02. The Hall–Kier alpha value is -2.04. The van der Waals surface area contributed by atoms with Crippen LogP contribution in [0.5, 0.6) is 5.75 Å². The molecule has 1 aliphatic heterocycles. The minimum Gasteiger partial charge on any atom is -0.497 e. The first-order chi connectivity index (χ1) is 11.0. The van der Waals surface area contributed by atoms with Crippen molar-refractivity contribution >= 4 is 17.5 Å². The van der Waals surface area contributed by atoms with Gasteiger partial charge < -0.3 is 14.5 Å². The Bertz CT molecular complexity index is 534. The van der Waals surface area contributed by atoms with Crippen molar-refractivity contribution < 1.29 is 14.3 Å². The number of amides is 2. The highest BCUT2D eigenvalue weighted by atomic mass is 16.5. The van der Waals surface area contributed by atoms with Crippen LogP contribution in [0.25, 0.3) is 0 Å². The van der Waals surface area contributed by atoms with Crippen molar-refractivity contribution in [3.05, 3.63) is 24.3 Å². The molecular formula is C18H26N2O3. The molecule has 1 aliphatic rings. The van der Waals surface area contributed by atoms with E-state index in [9.17, 15) is 9.59 Å². The van der Waals surface area contributed by atoms with Gasteiger partial charge in [0.1, 0.15) is 5.75 Å². The Morgan fingerprint density at radius 2 is 1.83 bits per heavy atom. The van der Waals surface area contributed by atoms with E-state index in [1.165, 1.54) is 6.92 Å². The molecule has 1 saturated heterocycles. The van der Waals surface area contributed by atoms with E-state index in [1.54, 1.807) is 12.0 Å². The zero-order valence-electron chi connectivity index (χ0n) is 14.2. The van der Waals surface area contributed by atoms with Crippen molar-refractivity contribution in [3.8, 4) is 5.75 Å². The summed E-state index contributed by atoms with van der Waals surface area (Å²) in [5.74, 6) is 1.52. The molecule has 2 amide bonds. The van der Waals surface area contributed by atoms with Gasteiger partial charge in [-0.1, -0.05) is 6.92 Å². The average Bonchev–Trinajstić information content (AvgIpc) is 2.55. The Balaban J connectivity index is 1.94. The van der Waals surface area contributed by atoms with Gasteiger partial charge in [-0.3, -0.25) is 9.59 Å². The zero-order valence-corrected chi connectivity index (χ0v) is 14.2. The van der Waals surface area contributed by atoms with E-state index in [0.717, 1.165) is 37.4 Å². The molecule has 0 bridgehead atoms. The number of benzene rings is 1. The van der Waals surface area contributed by atoms with Gasteiger partial charge in [-0.15, -0.1) is 0 Å². The van der Waals surface area contributed by atoms with Gasteiger partial charge in [-0.2, -0.15) is 0 Å². The highest BCUT2D eigenvalue weighted by molar-refractivity contribution is 5.92. The Morgan fingerprint density at radius 3 is 2.35 bits per heavy atom. The van der Waals surface area contributed by atoms with Crippen LogP contribution in [-0.4, -0.2) is 43.5 Å². The SMILES string of the molecule is COc1ccc(N(CCC(=O)N2CCC(C)CC2)C(C)=O)cc1. The topological polar surface area (TPSA) is 49.9 Å². The molecule has 1 fully saturated rings. The van der Waals surface area contributed by atoms with E-state index < -0.39 is 0 Å². The lowest BCUT2D eigenvalue weighted by atomic mass is 9.99. The fraction of sp³-hybridized carbons (Fsp3) is 0.556. The third-order valence-electron chi connectivity index (χ3n) is 4.45. The van der Waals surface area contributed by atoms with E-state index in [4.69, 9.17) is 4.74 Å². The van der Waals surface area contributed by atoms with Crippen molar-refractivity contribution in [2.75, 3.05) is 31.6 Å². The van der Waals surface area contributed by atoms with Crippen molar-refractivity contribution in [2.45, 2.75) is 33.1 Å². The third-order valence-corrected chi connectivity index (χ3v) is 4.45. The molecule has 0 atom stereocenters. The summed E-state index contributed by atoms with van der Waals surface area (Å²) in [7, 11) is 1.61.